The number of hydrazone groups is 1. The minimum absolute atomic E-state index is 0.0511. The van der Waals surface area contributed by atoms with Crippen molar-refractivity contribution < 1.29 is 19.8 Å². The van der Waals surface area contributed by atoms with Crippen LogP contribution in [-0.4, -0.2) is 97.2 Å². The van der Waals surface area contributed by atoms with E-state index in [9.17, 15) is 15.1 Å². The highest BCUT2D eigenvalue weighted by molar-refractivity contribution is 6.31. The average molecular weight is 569 g/mol. The van der Waals surface area contributed by atoms with E-state index in [1.807, 2.05) is 19.0 Å². The molecular formula is C30H60N6O4. The predicted octanol–water partition coefficient (Wildman–Crippen LogP) is 4.50. The van der Waals surface area contributed by atoms with Gasteiger partial charge in [0, 0.05) is 25.8 Å². The number of aliphatic hydroxyl groups is 1. The number of aliphatic imine (C=N–C) groups is 1. The number of carbonyl (C=O) groups excluding carboxylic acids is 1. The Balaban J connectivity index is 4.36. The van der Waals surface area contributed by atoms with E-state index in [0.29, 0.717) is 12.3 Å². The van der Waals surface area contributed by atoms with Crippen LogP contribution in [0.15, 0.2) is 22.4 Å². The Bertz CT molecular complexity index is 687. The maximum Gasteiger partial charge on any atom is 0.327 e. The number of nitrogens with one attached hydrogen (secondary N) is 1. The van der Waals surface area contributed by atoms with Gasteiger partial charge >= 0.3 is 5.97 Å². The number of esters is 1. The van der Waals surface area contributed by atoms with Crippen molar-refractivity contribution in [2.24, 2.45) is 15.9 Å². The average Bonchev–Trinajstić information content (AvgIpc) is 2.91. The van der Waals surface area contributed by atoms with Gasteiger partial charge in [0.05, 0.1) is 18.4 Å². The van der Waals surface area contributed by atoms with Gasteiger partial charge in [0.15, 0.2) is 0 Å². The third-order valence-electron chi connectivity index (χ3n) is 6.51. The quantitative estimate of drug-likeness (QED) is 0.0374. The van der Waals surface area contributed by atoms with E-state index in [1.165, 1.54) is 57.6 Å². The van der Waals surface area contributed by atoms with Crippen LogP contribution in [0, 0.1) is 0 Å². The van der Waals surface area contributed by atoms with E-state index in [4.69, 9.17) is 10.6 Å². The highest BCUT2D eigenvalue weighted by Crippen LogP contribution is 2.16. The van der Waals surface area contributed by atoms with Crippen molar-refractivity contribution >= 4 is 17.9 Å². The fourth-order valence-corrected chi connectivity index (χ4v) is 4.32. The second kappa shape index (κ2) is 27.2. The zero-order valence-corrected chi connectivity index (χ0v) is 25.9. The van der Waals surface area contributed by atoms with Crippen molar-refractivity contribution in [2.75, 3.05) is 46.8 Å². The smallest absolute Gasteiger partial charge is 0.327 e. The SMILES string of the molecule is CCCCCCCCC(CCCCCC)OC(=O)CN=C/C(CN(O)C/C=C\NCCCC(O)CN(C)C)=N\N. The first-order chi connectivity index (χ1) is 19.3. The molecule has 10 heteroatoms. The first-order valence-corrected chi connectivity index (χ1v) is 15.4. The number of hydroxylamine groups is 2. The molecule has 0 rings (SSSR count). The highest BCUT2D eigenvalue weighted by atomic mass is 16.5. The van der Waals surface area contributed by atoms with Gasteiger partial charge in [0.2, 0.25) is 0 Å². The maximum absolute atomic E-state index is 12.4. The number of hydrogen-bond donors (Lipinski definition) is 4. The minimum Gasteiger partial charge on any atom is -0.461 e. The second-order valence-electron chi connectivity index (χ2n) is 10.9. The lowest BCUT2D eigenvalue weighted by Gasteiger charge is -2.17. The van der Waals surface area contributed by atoms with Crippen molar-refractivity contribution in [3.8, 4) is 0 Å². The number of carbonyl (C=O) groups is 1. The number of hydrogen-bond acceptors (Lipinski definition) is 10. The van der Waals surface area contributed by atoms with E-state index in [-0.39, 0.29) is 37.8 Å². The Morgan fingerprint density at radius 3 is 2.23 bits per heavy atom. The Kier molecular flexibility index (Phi) is 25.8. The van der Waals surface area contributed by atoms with Crippen LogP contribution in [0.1, 0.15) is 104 Å². The van der Waals surface area contributed by atoms with Gasteiger partial charge < -0.3 is 31.1 Å². The molecule has 0 aliphatic rings. The molecule has 2 atom stereocenters. The molecule has 40 heavy (non-hydrogen) atoms. The number of ether oxygens (including phenoxy) is 1. The zero-order chi connectivity index (χ0) is 29.8. The summed E-state index contributed by atoms with van der Waals surface area (Å²) in [4.78, 5) is 18.6. The number of unbranched alkanes of at least 4 members (excludes halogenated alkanes) is 8. The van der Waals surface area contributed by atoms with E-state index in [0.717, 1.165) is 50.1 Å². The molecule has 0 bridgehead atoms. The van der Waals surface area contributed by atoms with Crippen LogP contribution in [0.4, 0.5) is 0 Å². The Labute approximate surface area is 244 Å². The molecule has 0 aliphatic heterocycles. The number of nitrogens with zero attached hydrogens (tertiary/aromatic N) is 4. The summed E-state index contributed by atoms with van der Waals surface area (Å²) in [5.74, 6) is 5.11. The summed E-state index contributed by atoms with van der Waals surface area (Å²) in [7, 11) is 3.88. The van der Waals surface area contributed by atoms with Gasteiger partial charge in [-0.05, 0) is 58.8 Å². The molecule has 0 saturated carbocycles. The van der Waals surface area contributed by atoms with Gasteiger partial charge in [0.1, 0.15) is 12.6 Å². The van der Waals surface area contributed by atoms with Crippen molar-refractivity contribution in [2.45, 2.75) is 116 Å². The van der Waals surface area contributed by atoms with Crippen LogP contribution in [-0.2, 0) is 9.53 Å². The van der Waals surface area contributed by atoms with Gasteiger partial charge in [-0.15, -0.1) is 0 Å². The number of aliphatic hydroxyl groups excluding tert-OH is 1. The summed E-state index contributed by atoms with van der Waals surface area (Å²) in [6.45, 7) is 6.06. The van der Waals surface area contributed by atoms with Crippen LogP contribution in [0.2, 0.25) is 0 Å². The largest absolute Gasteiger partial charge is 0.461 e. The Hall–Kier alpha value is -2.01. The van der Waals surface area contributed by atoms with Crippen LogP contribution in [0.3, 0.4) is 0 Å². The van der Waals surface area contributed by atoms with Crippen LogP contribution in [0.5, 0.6) is 0 Å². The van der Waals surface area contributed by atoms with Gasteiger partial charge in [-0.3, -0.25) is 9.79 Å². The molecule has 234 valence electrons. The van der Waals surface area contributed by atoms with E-state index in [2.05, 4.69) is 29.3 Å². The number of nitrogens with two attached hydrogens (primary N) is 1. The second-order valence-corrected chi connectivity index (χ2v) is 10.9. The normalized spacial score (nSPS) is 14.1. The summed E-state index contributed by atoms with van der Waals surface area (Å²) < 4.78 is 5.76. The predicted molar refractivity (Wildman–Crippen MR) is 166 cm³/mol. The number of likely N-dealkylation sites (N-methyl/N-ethyl adjacent to an activating group) is 1. The van der Waals surface area contributed by atoms with Gasteiger partial charge in [0.25, 0.3) is 0 Å². The van der Waals surface area contributed by atoms with Gasteiger partial charge in [-0.2, -0.15) is 10.2 Å². The molecule has 0 aliphatic carbocycles. The number of rotatable bonds is 27. The molecular weight excluding hydrogens is 508 g/mol. The van der Waals surface area contributed by atoms with Gasteiger partial charge in [-0.1, -0.05) is 71.3 Å². The Morgan fingerprint density at radius 1 is 0.975 bits per heavy atom. The Morgan fingerprint density at radius 2 is 1.60 bits per heavy atom. The monoisotopic (exact) mass is 568 g/mol. The fraction of sp³-hybridized carbons (Fsp3) is 0.833. The molecule has 0 heterocycles. The van der Waals surface area contributed by atoms with E-state index >= 15 is 0 Å². The van der Waals surface area contributed by atoms with Crippen molar-refractivity contribution in [3.63, 3.8) is 0 Å². The first kappa shape index (κ1) is 38.0. The molecule has 0 aromatic heterocycles. The summed E-state index contributed by atoms with van der Waals surface area (Å²) in [5, 5.41) is 27.9. The van der Waals surface area contributed by atoms with Crippen LogP contribution >= 0.6 is 0 Å². The topological polar surface area (TPSA) is 136 Å². The summed E-state index contributed by atoms with van der Waals surface area (Å²) in [6.07, 6.45) is 19.9. The van der Waals surface area contributed by atoms with Crippen LogP contribution in [0.25, 0.3) is 0 Å². The summed E-state index contributed by atoms with van der Waals surface area (Å²) >= 11 is 0. The minimum atomic E-state index is -0.344. The highest BCUT2D eigenvalue weighted by Gasteiger charge is 2.14. The lowest BCUT2D eigenvalue weighted by Crippen LogP contribution is -2.29. The van der Waals surface area contributed by atoms with Crippen LogP contribution < -0.4 is 11.2 Å². The molecule has 0 aromatic rings. The summed E-state index contributed by atoms with van der Waals surface area (Å²) in [6, 6.07) is 0. The molecule has 0 spiro atoms. The third kappa shape index (κ3) is 25.0. The third-order valence-corrected chi connectivity index (χ3v) is 6.51. The molecule has 0 fully saturated rings. The maximum atomic E-state index is 12.4. The first-order valence-electron chi connectivity index (χ1n) is 15.4. The molecule has 0 aromatic carbocycles. The van der Waals surface area contributed by atoms with Gasteiger partial charge in [-0.25, -0.2) is 0 Å². The lowest BCUT2D eigenvalue weighted by atomic mass is 10.0. The molecule has 5 N–H and O–H groups in total. The van der Waals surface area contributed by atoms with E-state index < -0.39 is 0 Å². The fourth-order valence-electron chi connectivity index (χ4n) is 4.32. The molecule has 0 saturated heterocycles. The lowest BCUT2D eigenvalue weighted by molar-refractivity contribution is -0.148. The molecule has 0 amide bonds. The molecule has 2 unspecified atom stereocenters. The van der Waals surface area contributed by atoms with Crippen molar-refractivity contribution in [1.82, 2.24) is 15.3 Å². The molecule has 10 nitrogen and oxygen atoms in total. The van der Waals surface area contributed by atoms with Crippen molar-refractivity contribution in [1.29, 1.82) is 0 Å². The molecule has 0 radical (unpaired) electrons. The standard InChI is InChI=1S/C30H60N6O4/c1-5-7-9-11-12-14-19-29(18-13-10-8-6-2)40-30(38)24-33-23-27(34-31)25-36(39)22-16-21-32-20-15-17-28(37)26-35(3)4/h16,21,23,28-29,32,37,39H,5-15,17-20,22,24-26,31H2,1-4H3/b21-16-,33-23?,34-27+. The van der Waals surface area contributed by atoms with E-state index in [1.54, 1.807) is 12.3 Å². The van der Waals surface area contributed by atoms with Crippen molar-refractivity contribution in [3.05, 3.63) is 12.3 Å². The zero-order valence-electron chi connectivity index (χ0n) is 25.9. The summed E-state index contributed by atoms with van der Waals surface area (Å²) in [5.41, 5.74) is 0.356.